The van der Waals surface area contributed by atoms with Crippen LogP contribution in [0.4, 0.5) is 0 Å². The summed E-state index contributed by atoms with van der Waals surface area (Å²) in [6.45, 7) is 0. The Labute approximate surface area is 576 Å². The van der Waals surface area contributed by atoms with Gasteiger partial charge in [-0.15, -0.1) is 0 Å². The van der Waals surface area contributed by atoms with Crippen molar-refractivity contribution in [1.82, 2.24) is 58.6 Å². The molecule has 18 rings (SSSR count). The lowest BCUT2D eigenvalue weighted by Crippen LogP contribution is -2.04. The molecule has 0 aliphatic rings. The second-order valence-corrected chi connectivity index (χ2v) is 25.3. The molecule has 0 aliphatic carbocycles. The van der Waals surface area contributed by atoms with Gasteiger partial charge >= 0.3 is 0 Å². The van der Waals surface area contributed by atoms with Gasteiger partial charge in [0.15, 0.2) is 11.6 Å². The third-order valence-corrected chi connectivity index (χ3v) is 18.1. The van der Waals surface area contributed by atoms with Crippen LogP contribution in [0.1, 0.15) is 0 Å². The van der Waals surface area contributed by atoms with Gasteiger partial charge in [-0.3, -0.25) is 24.1 Å². The van der Waals surface area contributed by atoms with Crippen LogP contribution < -0.4 is 0 Å². The highest BCUT2D eigenvalue weighted by molar-refractivity contribution is 9.11. The largest absolute Gasteiger partial charge is 0.304 e. The molecule has 9 aromatic heterocycles. The molecule has 0 atom stereocenters. The fraction of sp³-hybridized carbons (Fsp3) is 0. The number of hydrogen-bond donors (Lipinski definition) is 0. The number of aromatic nitrogens is 12. The molecule has 456 valence electrons. The lowest BCUT2D eigenvalue weighted by Gasteiger charge is -2.14. The zero-order valence-electron chi connectivity index (χ0n) is 50.9. The van der Waals surface area contributed by atoms with Crippen LogP contribution in [0.3, 0.4) is 0 Å². The van der Waals surface area contributed by atoms with Crippen LogP contribution in [0.15, 0.2) is 323 Å². The molecule has 0 aliphatic heterocycles. The Morgan fingerprint density at radius 1 is 0.260 bits per heavy atom. The van der Waals surface area contributed by atoms with Crippen molar-refractivity contribution in [2.45, 2.75) is 0 Å². The van der Waals surface area contributed by atoms with Crippen molar-refractivity contribution in [1.29, 1.82) is 0 Å². The van der Waals surface area contributed by atoms with Gasteiger partial charge in [0.25, 0.3) is 0 Å². The van der Waals surface area contributed by atoms with E-state index in [4.69, 9.17) is 29.9 Å². The van der Waals surface area contributed by atoms with Crippen molar-refractivity contribution < 1.29 is 0 Å². The van der Waals surface area contributed by atoms with Crippen molar-refractivity contribution in [2.75, 3.05) is 0 Å². The summed E-state index contributed by atoms with van der Waals surface area (Å²) in [6, 6.07) is 96.1. The molecule has 12 nitrogen and oxygen atoms in total. The number of rotatable bonds is 9. The average molecular weight is 1430 g/mol. The molecule has 18 aromatic rings. The standard InChI is InChI=1S/3C27H17BrN4/c28-20-13-14-21-25(16-20)32(24-12-7-15-29-26(21)24)27-30-22(18-8-3-1-4-9-18)17-23(31-27)19-10-5-2-6-11-19;28-20-13-14-21-24(16-20)32(23-12-7-15-29-26(21)23)25-17-22(18-8-3-1-4-9-18)30-27(31-25)19-10-5-2-6-11-19;28-20-13-14-21-23(16-20)32(22-12-7-15-29-26(21)22)24-17-30-27(19-10-5-2-6-11-19)31-25(24)18-8-3-1-4-9-18/h3*1-17H. The van der Waals surface area contributed by atoms with E-state index in [-0.39, 0.29) is 0 Å². The molecular formula is C81H51Br3N12. The van der Waals surface area contributed by atoms with Gasteiger partial charge < -0.3 is 4.57 Å². The van der Waals surface area contributed by atoms with Crippen molar-refractivity contribution in [3.05, 3.63) is 323 Å². The predicted molar refractivity (Wildman–Crippen MR) is 398 cm³/mol. The predicted octanol–water partition coefficient (Wildman–Crippen LogP) is 21.2. The summed E-state index contributed by atoms with van der Waals surface area (Å²) in [5.41, 5.74) is 19.6. The zero-order valence-corrected chi connectivity index (χ0v) is 55.7. The Hall–Kier alpha value is -11.5. The molecule has 0 saturated heterocycles. The fourth-order valence-corrected chi connectivity index (χ4v) is 13.3. The van der Waals surface area contributed by atoms with Gasteiger partial charge in [-0.1, -0.05) is 230 Å². The summed E-state index contributed by atoms with van der Waals surface area (Å²) in [7, 11) is 0. The van der Waals surface area contributed by atoms with Crippen LogP contribution in [0, 0.1) is 0 Å². The van der Waals surface area contributed by atoms with Gasteiger partial charge in [-0.25, -0.2) is 29.9 Å². The first-order chi connectivity index (χ1) is 47.3. The molecule has 0 saturated carbocycles. The van der Waals surface area contributed by atoms with Crippen LogP contribution in [-0.4, -0.2) is 58.6 Å². The normalized spacial score (nSPS) is 11.3. The summed E-state index contributed by atoms with van der Waals surface area (Å²) < 4.78 is 9.49. The van der Waals surface area contributed by atoms with E-state index in [1.165, 1.54) is 0 Å². The molecular weight excluding hydrogens is 1380 g/mol. The minimum Gasteiger partial charge on any atom is -0.304 e. The van der Waals surface area contributed by atoms with E-state index < -0.39 is 0 Å². The smallest absolute Gasteiger partial charge is 0.235 e. The van der Waals surface area contributed by atoms with Gasteiger partial charge in [0.1, 0.15) is 5.82 Å². The zero-order chi connectivity index (χ0) is 64.5. The SMILES string of the molecule is Brc1ccc2c3ncccc3n(-c3cc(-c4ccccc4)nc(-c4ccccc4)n3)c2c1.Brc1ccc2c3ncccc3n(-c3cnc(-c4ccccc4)nc3-c3ccccc3)c2c1.Brc1ccc2c3ncccc3n(-c3nc(-c4ccccc4)cc(-c4ccccc4)n3)c2c1. The van der Waals surface area contributed by atoms with Gasteiger partial charge in [0.2, 0.25) is 5.95 Å². The molecule has 96 heavy (non-hydrogen) atoms. The maximum Gasteiger partial charge on any atom is 0.235 e. The van der Waals surface area contributed by atoms with E-state index in [1.807, 2.05) is 195 Å². The first kappa shape index (κ1) is 59.5. The monoisotopic (exact) mass is 1430 g/mol. The minimum absolute atomic E-state index is 0.622. The highest BCUT2D eigenvalue weighted by atomic mass is 79.9. The summed E-state index contributed by atoms with van der Waals surface area (Å²) in [5.74, 6) is 2.82. The van der Waals surface area contributed by atoms with Crippen LogP contribution in [0.2, 0.25) is 0 Å². The van der Waals surface area contributed by atoms with E-state index >= 15 is 0 Å². The molecule has 0 spiro atoms. The molecule has 15 heteroatoms. The van der Waals surface area contributed by atoms with Crippen molar-refractivity contribution in [2.24, 2.45) is 0 Å². The number of fused-ring (bicyclic) bond motifs is 9. The minimum atomic E-state index is 0.622. The third kappa shape index (κ3) is 11.6. The quantitative estimate of drug-likeness (QED) is 0.139. The van der Waals surface area contributed by atoms with E-state index in [0.717, 1.165) is 147 Å². The molecule has 0 amide bonds. The lowest BCUT2D eigenvalue weighted by atomic mass is 10.1. The van der Waals surface area contributed by atoms with Gasteiger partial charge in [0, 0.05) is 87.6 Å². The van der Waals surface area contributed by atoms with Crippen LogP contribution in [-0.2, 0) is 0 Å². The van der Waals surface area contributed by atoms with Crippen molar-refractivity contribution >= 4 is 114 Å². The summed E-state index contributed by atoms with van der Waals surface area (Å²) >= 11 is 10.9. The number of halogens is 3. The molecule has 9 heterocycles. The highest BCUT2D eigenvalue weighted by Crippen LogP contribution is 2.39. The molecule has 0 fully saturated rings. The van der Waals surface area contributed by atoms with Crippen molar-refractivity contribution in [3.63, 3.8) is 0 Å². The Kier molecular flexibility index (Phi) is 16.2. The van der Waals surface area contributed by atoms with E-state index in [1.54, 1.807) is 0 Å². The first-order valence-corrected chi connectivity index (χ1v) is 33.4. The summed E-state index contributed by atoms with van der Waals surface area (Å²) in [6.07, 6.45) is 7.41. The molecule has 0 radical (unpaired) electrons. The number of hydrogen-bond acceptors (Lipinski definition) is 9. The Bertz CT molecular complexity index is 5520. The van der Waals surface area contributed by atoms with Crippen LogP contribution >= 0.6 is 47.8 Å². The summed E-state index contributed by atoms with van der Waals surface area (Å²) in [4.78, 5) is 43.7. The van der Waals surface area contributed by atoms with E-state index in [0.29, 0.717) is 17.6 Å². The van der Waals surface area contributed by atoms with Gasteiger partial charge in [0.05, 0.1) is 84.3 Å². The Morgan fingerprint density at radius 2 is 0.635 bits per heavy atom. The Morgan fingerprint density at radius 3 is 1.09 bits per heavy atom. The van der Waals surface area contributed by atoms with Crippen LogP contribution in [0.25, 0.3) is 151 Å². The maximum atomic E-state index is 5.04. The van der Waals surface area contributed by atoms with E-state index in [2.05, 4.69) is 192 Å². The number of nitrogens with zero attached hydrogens (tertiary/aromatic N) is 12. The second kappa shape index (κ2) is 26.1. The topological polar surface area (TPSA) is 131 Å². The second-order valence-electron chi connectivity index (χ2n) is 22.6. The van der Waals surface area contributed by atoms with E-state index in [9.17, 15) is 0 Å². The first-order valence-electron chi connectivity index (χ1n) is 31.0. The molecule has 0 bridgehead atoms. The summed E-state index contributed by atoms with van der Waals surface area (Å²) in [5, 5.41) is 3.25. The average Bonchev–Trinajstić information content (AvgIpc) is 1.61. The Balaban J connectivity index is 0.000000113. The lowest BCUT2D eigenvalue weighted by molar-refractivity contribution is 0.994. The van der Waals surface area contributed by atoms with Gasteiger partial charge in [-0.05, 0) is 97.1 Å². The number of benzene rings is 9. The van der Waals surface area contributed by atoms with Crippen LogP contribution in [0.5, 0.6) is 0 Å². The highest BCUT2D eigenvalue weighted by Gasteiger charge is 2.22. The number of pyridine rings is 3. The fourth-order valence-electron chi connectivity index (χ4n) is 12.3. The molecule has 0 unspecified atom stereocenters. The van der Waals surface area contributed by atoms with Gasteiger partial charge in [-0.2, -0.15) is 0 Å². The maximum absolute atomic E-state index is 5.04. The molecule has 0 N–H and O–H groups in total. The molecule has 9 aromatic carbocycles. The van der Waals surface area contributed by atoms with Crippen molar-refractivity contribution in [3.8, 4) is 85.3 Å². The third-order valence-electron chi connectivity index (χ3n) is 16.6.